The molecule has 0 spiro atoms. The minimum Gasteiger partial charge on any atom is -0.348 e. The highest BCUT2D eigenvalue weighted by molar-refractivity contribution is 7.88. The summed E-state index contributed by atoms with van der Waals surface area (Å²) in [6, 6.07) is -0.194. The van der Waals surface area contributed by atoms with Crippen LogP contribution in [0, 0.1) is 0 Å². The number of piperidine rings is 1. The fraction of sp³-hybridized carbons (Fsp3) is 0.562. The van der Waals surface area contributed by atoms with Gasteiger partial charge in [0.2, 0.25) is 10.0 Å². The summed E-state index contributed by atoms with van der Waals surface area (Å²) < 4.78 is 24.9. The summed E-state index contributed by atoms with van der Waals surface area (Å²) in [6.45, 7) is 0.820. The average Bonchev–Trinajstić information content (AvgIpc) is 3.33. The van der Waals surface area contributed by atoms with Crippen molar-refractivity contribution in [1.82, 2.24) is 24.6 Å². The first-order valence-corrected chi connectivity index (χ1v) is 10.4. The van der Waals surface area contributed by atoms with Gasteiger partial charge in [-0.25, -0.2) is 22.7 Å². The van der Waals surface area contributed by atoms with E-state index in [1.165, 1.54) is 10.6 Å². The van der Waals surface area contributed by atoms with Crippen LogP contribution in [-0.2, 0) is 10.0 Å². The van der Waals surface area contributed by atoms with Crippen molar-refractivity contribution in [3.63, 3.8) is 0 Å². The van der Waals surface area contributed by atoms with Gasteiger partial charge in [0.25, 0.3) is 5.91 Å². The van der Waals surface area contributed by atoms with Crippen molar-refractivity contribution < 1.29 is 13.2 Å². The molecule has 9 heteroatoms. The standard InChI is InChI=1S/C16H21N5O3S/c1-25(23,24)21-6-2-3-11(9-21)19-16(22)12-7-17-15-14(12)20-13(8-18-15)10-4-5-10/h7-8,10-11H,2-6,9H2,1H3,(H,17,18)(H,19,22). The van der Waals surface area contributed by atoms with Crippen LogP contribution in [-0.4, -0.2) is 59.0 Å². The van der Waals surface area contributed by atoms with E-state index in [1.807, 2.05) is 0 Å². The Balaban J connectivity index is 1.53. The Morgan fingerprint density at radius 3 is 2.88 bits per heavy atom. The lowest BCUT2D eigenvalue weighted by atomic mass is 10.1. The Bertz CT molecular complexity index is 919. The molecule has 1 atom stereocenters. The first kappa shape index (κ1) is 16.5. The second-order valence-electron chi connectivity index (χ2n) is 6.90. The van der Waals surface area contributed by atoms with Gasteiger partial charge in [-0.05, 0) is 25.7 Å². The van der Waals surface area contributed by atoms with Crippen LogP contribution in [0.25, 0.3) is 11.2 Å². The number of carbonyl (C=O) groups excluding carboxylic acids is 1. The van der Waals surface area contributed by atoms with E-state index in [0.29, 0.717) is 35.7 Å². The van der Waals surface area contributed by atoms with E-state index in [4.69, 9.17) is 0 Å². The maximum Gasteiger partial charge on any atom is 0.255 e. The van der Waals surface area contributed by atoms with E-state index in [2.05, 4.69) is 20.3 Å². The summed E-state index contributed by atoms with van der Waals surface area (Å²) in [5.74, 6) is 0.221. The number of hydrogen-bond acceptors (Lipinski definition) is 5. The number of amides is 1. The number of sulfonamides is 1. The molecule has 0 bridgehead atoms. The summed E-state index contributed by atoms with van der Waals surface area (Å²) in [7, 11) is -3.24. The molecule has 134 valence electrons. The number of rotatable bonds is 4. The molecule has 1 unspecified atom stereocenters. The first-order chi connectivity index (χ1) is 11.9. The van der Waals surface area contributed by atoms with Gasteiger partial charge in [0.05, 0.1) is 23.7 Å². The van der Waals surface area contributed by atoms with E-state index < -0.39 is 10.0 Å². The summed E-state index contributed by atoms with van der Waals surface area (Å²) in [5, 5.41) is 2.95. The molecule has 1 saturated carbocycles. The highest BCUT2D eigenvalue weighted by Gasteiger charge is 2.29. The van der Waals surface area contributed by atoms with Gasteiger partial charge in [0, 0.05) is 31.2 Å². The quantitative estimate of drug-likeness (QED) is 0.842. The predicted molar refractivity (Wildman–Crippen MR) is 92.8 cm³/mol. The van der Waals surface area contributed by atoms with E-state index in [1.54, 1.807) is 12.4 Å². The molecular weight excluding hydrogens is 342 g/mol. The number of aromatic amines is 1. The fourth-order valence-electron chi connectivity index (χ4n) is 3.28. The number of aromatic nitrogens is 3. The molecule has 2 aromatic rings. The fourth-order valence-corrected chi connectivity index (χ4v) is 4.19. The number of fused-ring (bicyclic) bond motifs is 1. The third-order valence-electron chi connectivity index (χ3n) is 4.83. The Morgan fingerprint density at radius 2 is 2.16 bits per heavy atom. The predicted octanol–water partition coefficient (Wildman–Crippen LogP) is 0.989. The normalized spacial score (nSPS) is 22.2. The Hall–Kier alpha value is -2.00. The number of nitrogens with zero attached hydrogens (tertiary/aromatic N) is 3. The van der Waals surface area contributed by atoms with E-state index in [0.717, 1.165) is 31.4 Å². The van der Waals surface area contributed by atoms with Crippen molar-refractivity contribution in [3.05, 3.63) is 23.7 Å². The number of H-pyrrole nitrogens is 1. The van der Waals surface area contributed by atoms with Gasteiger partial charge in [-0.3, -0.25) is 4.79 Å². The second kappa shape index (κ2) is 6.06. The zero-order valence-electron chi connectivity index (χ0n) is 14.0. The van der Waals surface area contributed by atoms with Crippen LogP contribution < -0.4 is 5.32 Å². The van der Waals surface area contributed by atoms with Crippen molar-refractivity contribution in [2.75, 3.05) is 19.3 Å². The highest BCUT2D eigenvalue weighted by Crippen LogP contribution is 2.39. The molecule has 1 aliphatic heterocycles. The highest BCUT2D eigenvalue weighted by atomic mass is 32.2. The van der Waals surface area contributed by atoms with Gasteiger partial charge in [0.1, 0.15) is 5.52 Å². The van der Waals surface area contributed by atoms with Crippen LogP contribution in [0.15, 0.2) is 12.4 Å². The maximum atomic E-state index is 12.7. The number of hydrogen-bond donors (Lipinski definition) is 2. The molecular formula is C16H21N5O3S. The molecule has 1 amide bonds. The summed E-state index contributed by atoms with van der Waals surface area (Å²) in [6.07, 6.45) is 8.32. The molecule has 8 nitrogen and oxygen atoms in total. The largest absolute Gasteiger partial charge is 0.348 e. The first-order valence-electron chi connectivity index (χ1n) is 8.52. The van der Waals surface area contributed by atoms with Crippen molar-refractivity contribution >= 4 is 27.1 Å². The van der Waals surface area contributed by atoms with Gasteiger partial charge in [-0.1, -0.05) is 0 Å². The minimum atomic E-state index is -3.24. The molecule has 1 saturated heterocycles. The van der Waals surface area contributed by atoms with Crippen LogP contribution in [0.5, 0.6) is 0 Å². The van der Waals surface area contributed by atoms with Crippen LogP contribution in [0.1, 0.15) is 47.7 Å². The van der Waals surface area contributed by atoms with Gasteiger partial charge in [0.15, 0.2) is 5.65 Å². The van der Waals surface area contributed by atoms with Crippen LogP contribution >= 0.6 is 0 Å². The Morgan fingerprint density at radius 1 is 1.36 bits per heavy atom. The zero-order valence-corrected chi connectivity index (χ0v) is 14.8. The van der Waals surface area contributed by atoms with Crippen LogP contribution in [0.4, 0.5) is 0 Å². The molecule has 2 aliphatic rings. The molecule has 0 radical (unpaired) electrons. The van der Waals surface area contributed by atoms with Crippen LogP contribution in [0.2, 0.25) is 0 Å². The van der Waals surface area contributed by atoms with Crippen molar-refractivity contribution in [2.24, 2.45) is 0 Å². The minimum absolute atomic E-state index is 0.194. The lowest BCUT2D eigenvalue weighted by Crippen LogP contribution is -2.49. The molecule has 0 aromatic carbocycles. The van der Waals surface area contributed by atoms with Gasteiger partial charge in [-0.2, -0.15) is 0 Å². The summed E-state index contributed by atoms with van der Waals surface area (Å²) in [4.78, 5) is 24.6. The summed E-state index contributed by atoms with van der Waals surface area (Å²) >= 11 is 0. The molecule has 25 heavy (non-hydrogen) atoms. The average molecular weight is 363 g/mol. The molecule has 3 heterocycles. The number of nitrogens with one attached hydrogen (secondary N) is 2. The third kappa shape index (κ3) is 3.38. The lowest BCUT2D eigenvalue weighted by molar-refractivity contribution is 0.0923. The molecule has 2 fully saturated rings. The third-order valence-corrected chi connectivity index (χ3v) is 6.10. The lowest BCUT2D eigenvalue weighted by Gasteiger charge is -2.31. The monoisotopic (exact) mass is 363 g/mol. The van der Waals surface area contributed by atoms with Crippen LogP contribution in [0.3, 0.4) is 0 Å². The Kier molecular flexibility index (Phi) is 3.99. The van der Waals surface area contributed by atoms with Gasteiger partial charge >= 0.3 is 0 Å². The number of carbonyl (C=O) groups is 1. The second-order valence-corrected chi connectivity index (χ2v) is 8.88. The van der Waals surface area contributed by atoms with Gasteiger partial charge in [-0.15, -0.1) is 0 Å². The molecule has 2 N–H and O–H groups in total. The molecule has 4 rings (SSSR count). The SMILES string of the molecule is CS(=O)(=O)N1CCCC(NC(=O)c2c[nH]c3ncc(C4CC4)nc23)C1. The maximum absolute atomic E-state index is 12.7. The van der Waals surface area contributed by atoms with E-state index in [9.17, 15) is 13.2 Å². The zero-order chi connectivity index (χ0) is 17.6. The van der Waals surface area contributed by atoms with Crippen molar-refractivity contribution in [2.45, 2.75) is 37.6 Å². The van der Waals surface area contributed by atoms with E-state index in [-0.39, 0.29) is 11.9 Å². The van der Waals surface area contributed by atoms with E-state index >= 15 is 0 Å². The van der Waals surface area contributed by atoms with Gasteiger partial charge < -0.3 is 10.3 Å². The smallest absolute Gasteiger partial charge is 0.255 e. The summed E-state index contributed by atoms with van der Waals surface area (Å²) in [5.41, 5.74) is 2.57. The Labute approximate surface area is 146 Å². The van der Waals surface area contributed by atoms with Crippen molar-refractivity contribution in [3.8, 4) is 0 Å². The van der Waals surface area contributed by atoms with Crippen molar-refractivity contribution in [1.29, 1.82) is 0 Å². The topological polar surface area (TPSA) is 108 Å². The molecule has 1 aliphatic carbocycles. The molecule has 2 aromatic heterocycles.